The zero-order valence-corrected chi connectivity index (χ0v) is 11.6. The van der Waals surface area contributed by atoms with Crippen molar-refractivity contribution in [3.8, 4) is 5.75 Å². The van der Waals surface area contributed by atoms with Gasteiger partial charge >= 0.3 is 16.3 Å². The predicted molar refractivity (Wildman–Crippen MR) is 70.2 cm³/mol. The minimum atomic E-state index is -4.04. The Hall–Kier alpha value is -1.96. The highest BCUT2D eigenvalue weighted by Crippen LogP contribution is 2.18. The molecule has 0 aromatic heterocycles. The summed E-state index contributed by atoms with van der Waals surface area (Å²) in [5.74, 6) is 0.0155. The number of benzene rings is 1. The van der Waals surface area contributed by atoms with Crippen LogP contribution in [0.1, 0.15) is 13.8 Å². The van der Waals surface area contributed by atoms with Gasteiger partial charge in [0.1, 0.15) is 5.75 Å². The Kier molecular flexibility index (Phi) is 4.60. The molecule has 0 atom stereocenters. The number of carbonyl (C=O) groups excluding carboxylic acids is 1. The van der Waals surface area contributed by atoms with Crippen LogP contribution < -0.4 is 9.03 Å². The smallest absolute Gasteiger partial charge is 0.422 e. The molecule has 0 fully saturated rings. The number of hydrogen-bond acceptors (Lipinski definition) is 5. The lowest BCUT2D eigenvalue weighted by Gasteiger charge is -2.19. The fourth-order valence-corrected chi connectivity index (χ4v) is 2.01. The average molecular weight is 288 g/mol. The molecule has 0 unspecified atom stereocenters. The monoisotopic (exact) mass is 288 g/mol. The van der Waals surface area contributed by atoms with Crippen molar-refractivity contribution >= 4 is 22.0 Å². The molecule has 0 spiro atoms. The van der Waals surface area contributed by atoms with E-state index in [0.717, 1.165) is 4.31 Å². The molecule has 0 radical (unpaired) electrons. The Morgan fingerprint density at radius 2 is 1.84 bits per heavy atom. The largest absolute Gasteiger partial charge is 0.508 e. The summed E-state index contributed by atoms with van der Waals surface area (Å²) >= 11 is 0. The van der Waals surface area contributed by atoms with Crippen LogP contribution in [0.2, 0.25) is 0 Å². The molecule has 1 rings (SSSR count). The van der Waals surface area contributed by atoms with Gasteiger partial charge in [-0.05, 0) is 38.1 Å². The molecule has 2 N–H and O–H groups in total. The van der Waals surface area contributed by atoms with Crippen molar-refractivity contribution in [2.45, 2.75) is 20.0 Å². The topological polar surface area (TPSA) is 95.9 Å². The summed E-state index contributed by atoms with van der Waals surface area (Å²) in [5, 5.41) is 9.13. The second-order valence-electron chi connectivity index (χ2n) is 4.05. The van der Waals surface area contributed by atoms with Gasteiger partial charge in [0, 0.05) is 7.05 Å². The second-order valence-corrected chi connectivity index (χ2v) is 5.75. The quantitative estimate of drug-likeness (QED) is 0.868. The Labute approximate surface area is 112 Å². The number of aromatic hydroxyl groups is 1. The number of carbonyl (C=O) groups is 1. The molecule has 0 saturated carbocycles. The number of anilines is 1. The van der Waals surface area contributed by atoms with Crippen LogP contribution >= 0.6 is 0 Å². The molecule has 1 amide bonds. The van der Waals surface area contributed by atoms with Crippen LogP contribution in [0.5, 0.6) is 5.75 Å². The summed E-state index contributed by atoms with van der Waals surface area (Å²) in [7, 11) is -2.77. The average Bonchev–Trinajstić information content (AvgIpc) is 2.27. The Balaban J connectivity index is 2.82. The van der Waals surface area contributed by atoms with E-state index in [1.807, 2.05) is 0 Å². The van der Waals surface area contributed by atoms with E-state index < -0.39 is 22.4 Å². The minimum absolute atomic E-state index is 0.0155. The van der Waals surface area contributed by atoms with Crippen molar-refractivity contribution in [1.29, 1.82) is 0 Å². The normalized spacial score (nSPS) is 11.2. The molecular weight excluding hydrogens is 272 g/mol. The molecule has 7 nitrogen and oxygen atoms in total. The van der Waals surface area contributed by atoms with Gasteiger partial charge < -0.3 is 9.84 Å². The van der Waals surface area contributed by atoms with E-state index in [1.54, 1.807) is 18.6 Å². The van der Waals surface area contributed by atoms with Crippen molar-refractivity contribution in [1.82, 2.24) is 4.72 Å². The predicted octanol–water partition coefficient (Wildman–Crippen LogP) is 1.21. The summed E-state index contributed by atoms with van der Waals surface area (Å²) in [5.41, 5.74) is 0.294. The second kappa shape index (κ2) is 5.79. The molecular formula is C11H16N2O5S. The molecule has 1 aromatic carbocycles. The van der Waals surface area contributed by atoms with Gasteiger partial charge in [-0.15, -0.1) is 0 Å². The van der Waals surface area contributed by atoms with Gasteiger partial charge in [-0.1, -0.05) is 0 Å². The van der Waals surface area contributed by atoms with Crippen molar-refractivity contribution in [2.24, 2.45) is 0 Å². The van der Waals surface area contributed by atoms with Gasteiger partial charge in [0.05, 0.1) is 11.8 Å². The lowest BCUT2D eigenvalue weighted by atomic mass is 10.3. The zero-order valence-electron chi connectivity index (χ0n) is 10.8. The molecule has 0 bridgehead atoms. The fourth-order valence-electron chi connectivity index (χ4n) is 1.21. The summed E-state index contributed by atoms with van der Waals surface area (Å²) in [6.07, 6.45) is -1.46. The summed E-state index contributed by atoms with van der Waals surface area (Å²) in [6, 6.07) is 5.49. The molecule has 19 heavy (non-hydrogen) atoms. The number of phenols is 1. The standard InChI is InChI=1S/C11H16N2O5S/c1-8(2)18-11(15)12-19(16,17)13(3)9-4-6-10(14)7-5-9/h4-8,14H,1-3H3,(H,12,15). The highest BCUT2D eigenvalue weighted by Gasteiger charge is 2.22. The SMILES string of the molecule is CC(C)OC(=O)NS(=O)(=O)N(C)c1ccc(O)cc1. The van der Waals surface area contributed by atoms with Crippen LogP contribution in [0.4, 0.5) is 10.5 Å². The number of nitrogens with one attached hydrogen (secondary N) is 1. The van der Waals surface area contributed by atoms with Gasteiger partial charge in [0.15, 0.2) is 0 Å². The maximum absolute atomic E-state index is 11.9. The molecule has 0 aliphatic rings. The Morgan fingerprint density at radius 3 is 2.32 bits per heavy atom. The summed E-state index contributed by atoms with van der Waals surface area (Å²) in [6.45, 7) is 3.21. The van der Waals surface area contributed by atoms with Gasteiger partial charge in [0.2, 0.25) is 0 Å². The van der Waals surface area contributed by atoms with Crippen molar-refractivity contribution in [2.75, 3.05) is 11.4 Å². The van der Waals surface area contributed by atoms with Crippen LogP contribution in [0, 0.1) is 0 Å². The first-order chi connectivity index (χ1) is 8.72. The maximum atomic E-state index is 11.9. The van der Waals surface area contributed by atoms with Crippen LogP contribution in [-0.2, 0) is 14.9 Å². The Bertz CT molecular complexity index is 539. The van der Waals surface area contributed by atoms with Crippen LogP contribution in [-0.4, -0.2) is 32.8 Å². The molecule has 0 aliphatic carbocycles. The summed E-state index contributed by atoms with van der Waals surface area (Å²) < 4.78 is 31.1. The maximum Gasteiger partial charge on any atom is 0.422 e. The molecule has 0 heterocycles. The first-order valence-corrected chi connectivity index (χ1v) is 6.92. The third kappa shape index (κ3) is 4.32. The number of hydrogen-bond donors (Lipinski definition) is 2. The van der Waals surface area contributed by atoms with E-state index in [2.05, 4.69) is 0 Å². The third-order valence-electron chi connectivity index (χ3n) is 2.13. The van der Waals surface area contributed by atoms with Crippen molar-refractivity contribution < 1.29 is 23.1 Å². The van der Waals surface area contributed by atoms with Crippen LogP contribution in [0.15, 0.2) is 24.3 Å². The number of nitrogens with zero attached hydrogens (tertiary/aromatic N) is 1. The molecule has 0 aliphatic heterocycles. The number of amides is 1. The van der Waals surface area contributed by atoms with Crippen LogP contribution in [0.3, 0.4) is 0 Å². The molecule has 1 aromatic rings. The Morgan fingerprint density at radius 1 is 1.32 bits per heavy atom. The first-order valence-electron chi connectivity index (χ1n) is 5.48. The zero-order chi connectivity index (χ0) is 14.6. The van der Waals surface area contributed by atoms with Gasteiger partial charge in [0.25, 0.3) is 0 Å². The highest BCUT2D eigenvalue weighted by atomic mass is 32.2. The van der Waals surface area contributed by atoms with Crippen molar-refractivity contribution in [3.63, 3.8) is 0 Å². The third-order valence-corrected chi connectivity index (χ3v) is 3.49. The van der Waals surface area contributed by atoms with Crippen molar-refractivity contribution in [3.05, 3.63) is 24.3 Å². The van der Waals surface area contributed by atoms with Crippen LogP contribution in [0.25, 0.3) is 0 Å². The molecule has 8 heteroatoms. The van der Waals surface area contributed by atoms with E-state index in [9.17, 15) is 13.2 Å². The number of rotatable bonds is 4. The fraction of sp³-hybridized carbons (Fsp3) is 0.364. The lowest BCUT2D eigenvalue weighted by molar-refractivity contribution is 0.121. The highest BCUT2D eigenvalue weighted by molar-refractivity contribution is 7.91. The van der Waals surface area contributed by atoms with E-state index in [4.69, 9.17) is 9.84 Å². The number of ether oxygens (including phenoxy) is 1. The summed E-state index contributed by atoms with van der Waals surface area (Å²) in [4.78, 5) is 11.3. The van der Waals surface area contributed by atoms with Gasteiger partial charge in [-0.25, -0.2) is 9.52 Å². The molecule has 106 valence electrons. The van der Waals surface area contributed by atoms with E-state index in [0.29, 0.717) is 5.69 Å². The minimum Gasteiger partial charge on any atom is -0.508 e. The van der Waals surface area contributed by atoms with Gasteiger partial charge in [-0.2, -0.15) is 8.42 Å². The van der Waals surface area contributed by atoms with E-state index >= 15 is 0 Å². The first kappa shape index (κ1) is 15.1. The molecule has 0 saturated heterocycles. The lowest BCUT2D eigenvalue weighted by Crippen LogP contribution is -2.42. The van der Waals surface area contributed by atoms with E-state index in [-0.39, 0.29) is 5.75 Å². The van der Waals surface area contributed by atoms with Gasteiger partial charge in [-0.3, -0.25) is 4.31 Å². The number of phenolic OH excluding ortho intramolecular Hbond substituents is 1. The van der Waals surface area contributed by atoms with E-state index in [1.165, 1.54) is 31.3 Å².